The zero-order chi connectivity index (χ0) is 13.1. The van der Waals surface area contributed by atoms with E-state index in [1.54, 1.807) is 24.3 Å². The van der Waals surface area contributed by atoms with E-state index < -0.39 is 5.82 Å². The molecule has 0 atom stereocenters. The molecule has 92 valence electrons. The van der Waals surface area contributed by atoms with Crippen molar-refractivity contribution in [1.82, 2.24) is 0 Å². The van der Waals surface area contributed by atoms with Crippen molar-refractivity contribution in [2.24, 2.45) is 0 Å². The van der Waals surface area contributed by atoms with E-state index in [-0.39, 0.29) is 5.91 Å². The van der Waals surface area contributed by atoms with Gasteiger partial charge in [0.15, 0.2) is 0 Å². The Morgan fingerprint density at radius 1 is 1.06 bits per heavy atom. The predicted molar refractivity (Wildman–Crippen MR) is 76.2 cm³/mol. The molecule has 0 aliphatic carbocycles. The molecule has 0 aliphatic rings. The lowest BCUT2D eigenvalue weighted by Gasteiger charge is -2.08. The van der Waals surface area contributed by atoms with Crippen LogP contribution in [0.4, 0.5) is 10.1 Å². The Morgan fingerprint density at radius 2 is 1.78 bits per heavy atom. The molecular weight excluding hydrogens is 365 g/mol. The van der Waals surface area contributed by atoms with Crippen molar-refractivity contribution in [1.29, 1.82) is 0 Å². The van der Waals surface area contributed by atoms with Crippen molar-refractivity contribution < 1.29 is 9.18 Å². The van der Waals surface area contributed by atoms with E-state index in [4.69, 9.17) is 0 Å². The highest BCUT2D eigenvalue weighted by Crippen LogP contribution is 2.24. The summed E-state index contributed by atoms with van der Waals surface area (Å²) in [6.07, 6.45) is 0. The minimum absolute atomic E-state index is 0.297. The monoisotopic (exact) mass is 371 g/mol. The molecule has 18 heavy (non-hydrogen) atoms. The summed E-state index contributed by atoms with van der Waals surface area (Å²) in [5, 5.41) is 2.65. The summed E-state index contributed by atoms with van der Waals surface area (Å²) in [4.78, 5) is 12.0. The maximum absolute atomic E-state index is 13.1. The smallest absolute Gasteiger partial charge is 0.256 e. The second-order valence-electron chi connectivity index (χ2n) is 3.56. The zero-order valence-corrected chi connectivity index (χ0v) is 12.3. The third-order valence-electron chi connectivity index (χ3n) is 2.30. The van der Waals surface area contributed by atoms with E-state index in [0.29, 0.717) is 20.2 Å². The first-order valence-electron chi connectivity index (χ1n) is 5.09. The molecule has 2 rings (SSSR count). The van der Waals surface area contributed by atoms with Crippen molar-refractivity contribution in [3.05, 3.63) is 62.8 Å². The Hall–Kier alpha value is -1.20. The second-order valence-corrected chi connectivity index (χ2v) is 5.27. The van der Waals surface area contributed by atoms with Gasteiger partial charge in [0.2, 0.25) is 0 Å². The van der Waals surface area contributed by atoms with E-state index >= 15 is 0 Å². The minimum atomic E-state index is -0.402. The van der Waals surface area contributed by atoms with Gasteiger partial charge in [0.05, 0.1) is 11.3 Å². The molecule has 2 aromatic rings. The highest BCUT2D eigenvalue weighted by molar-refractivity contribution is 9.11. The van der Waals surface area contributed by atoms with Crippen molar-refractivity contribution in [2.45, 2.75) is 0 Å². The summed E-state index contributed by atoms with van der Waals surface area (Å²) in [7, 11) is 0. The molecule has 0 saturated carbocycles. The third-order valence-corrected chi connectivity index (χ3v) is 3.68. The summed E-state index contributed by atoms with van der Waals surface area (Å²) in [6.45, 7) is 0. The van der Waals surface area contributed by atoms with Gasteiger partial charge < -0.3 is 5.32 Å². The van der Waals surface area contributed by atoms with Crippen molar-refractivity contribution in [3.8, 4) is 0 Å². The molecule has 0 aliphatic heterocycles. The van der Waals surface area contributed by atoms with Gasteiger partial charge in [0, 0.05) is 8.95 Å². The number of amides is 1. The molecule has 0 fully saturated rings. The van der Waals surface area contributed by atoms with Gasteiger partial charge in [-0.2, -0.15) is 0 Å². The molecule has 1 amide bonds. The predicted octanol–water partition coefficient (Wildman–Crippen LogP) is 4.60. The lowest BCUT2D eigenvalue weighted by Crippen LogP contribution is -2.13. The van der Waals surface area contributed by atoms with Crippen LogP contribution in [0.3, 0.4) is 0 Å². The first-order valence-corrected chi connectivity index (χ1v) is 6.67. The Bertz CT molecular complexity index is 601. The van der Waals surface area contributed by atoms with Crippen LogP contribution in [0.15, 0.2) is 51.4 Å². The largest absolute Gasteiger partial charge is 0.321 e. The summed E-state index contributed by atoms with van der Waals surface area (Å²) in [5.41, 5.74) is 0.893. The van der Waals surface area contributed by atoms with Crippen LogP contribution < -0.4 is 5.32 Å². The van der Waals surface area contributed by atoms with Gasteiger partial charge in [-0.1, -0.05) is 12.1 Å². The fraction of sp³-hybridized carbons (Fsp3) is 0. The maximum Gasteiger partial charge on any atom is 0.256 e. The van der Waals surface area contributed by atoms with Crippen LogP contribution in [-0.2, 0) is 0 Å². The Labute approximate surface area is 120 Å². The van der Waals surface area contributed by atoms with Gasteiger partial charge in [-0.15, -0.1) is 0 Å². The fourth-order valence-electron chi connectivity index (χ4n) is 1.43. The van der Waals surface area contributed by atoms with E-state index in [0.717, 1.165) is 0 Å². The number of benzene rings is 2. The molecule has 0 heterocycles. The van der Waals surface area contributed by atoms with Gasteiger partial charge in [-0.3, -0.25) is 4.79 Å². The highest BCUT2D eigenvalue weighted by atomic mass is 79.9. The van der Waals surface area contributed by atoms with Crippen molar-refractivity contribution >= 4 is 43.5 Å². The second kappa shape index (κ2) is 5.63. The number of carbonyl (C=O) groups excluding carboxylic acids is 1. The molecule has 5 heteroatoms. The SMILES string of the molecule is O=C(Nc1cc(F)ccc1Br)c1ccccc1Br. The molecule has 0 unspecified atom stereocenters. The molecule has 0 bridgehead atoms. The summed E-state index contributed by atoms with van der Waals surface area (Å²) in [5.74, 6) is -0.700. The molecule has 0 aromatic heterocycles. The van der Waals surface area contributed by atoms with Crippen LogP contribution in [0.25, 0.3) is 0 Å². The number of nitrogens with one attached hydrogen (secondary N) is 1. The van der Waals surface area contributed by atoms with Crippen LogP contribution in [0, 0.1) is 5.82 Å². The number of carbonyl (C=O) groups is 1. The minimum Gasteiger partial charge on any atom is -0.321 e. The molecule has 0 saturated heterocycles. The van der Waals surface area contributed by atoms with E-state index in [1.165, 1.54) is 12.1 Å². The lowest BCUT2D eigenvalue weighted by atomic mass is 10.2. The van der Waals surface area contributed by atoms with Crippen LogP contribution in [0.5, 0.6) is 0 Å². The number of hydrogen-bond acceptors (Lipinski definition) is 1. The number of rotatable bonds is 2. The lowest BCUT2D eigenvalue weighted by molar-refractivity contribution is 0.102. The van der Waals surface area contributed by atoms with Crippen molar-refractivity contribution in [2.75, 3.05) is 5.32 Å². The summed E-state index contributed by atoms with van der Waals surface area (Å²) in [6, 6.07) is 11.2. The topological polar surface area (TPSA) is 29.1 Å². The molecule has 0 radical (unpaired) electrons. The number of hydrogen-bond donors (Lipinski definition) is 1. The quantitative estimate of drug-likeness (QED) is 0.819. The Kier molecular flexibility index (Phi) is 4.14. The molecule has 2 aromatic carbocycles. The highest BCUT2D eigenvalue weighted by Gasteiger charge is 2.11. The van der Waals surface area contributed by atoms with Crippen LogP contribution in [0.2, 0.25) is 0 Å². The van der Waals surface area contributed by atoms with E-state index in [9.17, 15) is 9.18 Å². The number of halogens is 3. The molecule has 2 nitrogen and oxygen atoms in total. The van der Waals surface area contributed by atoms with E-state index in [1.807, 2.05) is 6.07 Å². The Balaban J connectivity index is 2.27. The fourth-order valence-corrected chi connectivity index (χ4v) is 2.24. The van der Waals surface area contributed by atoms with Crippen molar-refractivity contribution in [3.63, 3.8) is 0 Å². The first-order chi connectivity index (χ1) is 8.58. The normalized spacial score (nSPS) is 10.2. The first kappa shape index (κ1) is 13.2. The average Bonchev–Trinajstić information content (AvgIpc) is 2.34. The van der Waals surface area contributed by atoms with Crippen LogP contribution in [0.1, 0.15) is 10.4 Å². The number of anilines is 1. The average molecular weight is 373 g/mol. The van der Waals surface area contributed by atoms with Crippen LogP contribution >= 0.6 is 31.9 Å². The van der Waals surface area contributed by atoms with Gasteiger partial charge in [0.1, 0.15) is 5.82 Å². The molecule has 0 spiro atoms. The third kappa shape index (κ3) is 2.97. The molecule has 1 N–H and O–H groups in total. The Morgan fingerprint density at radius 3 is 2.50 bits per heavy atom. The summed E-state index contributed by atoms with van der Waals surface area (Å²) < 4.78 is 14.4. The van der Waals surface area contributed by atoms with Gasteiger partial charge in [-0.05, 0) is 62.2 Å². The maximum atomic E-state index is 13.1. The van der Waals surface area contributed by atoms with Gasteiger partial charge in [0.25, 0.3) is 5.91 Å². The zero-order valence-electron chi connectivity index (χ0n) is 9.08. The van der Waals surface area contributed by atoms with E-state index in [2.05, 4.69) is 37.2 Å². The van der Waals surface area contributed by atoms with Gasteiger partial charge in [-0.25, -0.2) is 4.39 Å². The standard InChI is InChI=1S/C13H8Br2FNO/c14-10-4-2-1-3-9(10)13(18)17-12-7-8(16)5-6-11(12)15/h1-7H,(H,17,18). The summed E-state index contributed by atoms with van der Waals surface area (Å²) >= 11 is 6.55. The van der Waals surface area contributed by atoms with Crippen LogP contribution in [-0.4, -0.2) is 5.91 Å². The molecular formula is C13H8Br2FNO. The van der Waals surface area contributed by atoms with Gasteiger partial charge >= 0.3 is 0 Å².